The van der Waals surface area contributed by atoms with Crippen LogP contribution in [0.25, 0.3) is 11.0 Å². The Morgan fingerprint density at radius 3 is 2.87 bits per heavy atom. The molecule has 0 unspecified atom stereocenters. The number of esters is 1. The summed E-state index contributed by atoms with van der Waals surface area (Å²) < 4.78 is 6.87. The van der Waals surface area contributed by atoms with Crippen molar-refractivity contribution in [2.75, 3.05) is 6.61 Å². The van der Waals surface area contributed by atoms with E-state index in [1.807, 2.05) is 32.2 Å². The van der Waals surface area contributed by atoms with Gasteiger partial charge >= 0.3 is 5.97 Å². The minimum absolute atomic E-state index is 0.316. The lowest BCUT2D eigenvalue weighted by Gasteiger charge is -2.09. The van der Waals surface area contributed by atoms with Crippen LogP contribution in [0.2, 0.25) is 0 Å². The lowest BCUT2D eigenvalue weighted by molar-refractivity contribution is 0.0522. The number of hydrogen-bond donors (Lipinski definition) is 0. The molecule has 0 aromatic carbocycles. The molecular formula is C16H16N4O2S. The predicted octanol–water partition coefficient (Wildman–Crippen LogP) is 3.00. The third-order valence-corrected chi connectivity index (χ3v) is 4.40. The first kappa shape index (κ1) is 15.5. The monoisotopic (exact) mass is 328 g/mol. The molecule has 0 aliphatic carbocycles. The highest BCUT2D eigenvalue weighted by atomic mass is 32.2. The van der Waals surface area contributed by atoms with Gasteiger partial charge in [0.1, 0.15) is 5.03 Å². The Balaban J connectivity index is 2.20. The van der Waals surface area contributed by atoms with Gasteiger partial charge in [-0.15, -0.1) is 0 Å². The summed E-state index contributed by atoms with van der Waals surface area (Å²) in [4.78, 5) is 21.8. The van der Waals surface area contributed by atoms with Crippen molar-refractivity contribution in [3.63, 3.8) is 0 Å². The molecule has 0 saturated heterocycles. The molecule has 118 valence electrons. The summed E-state index contributed by atoms with van der Waals surface area (Å²) >= 11 is 1.42. The number of aryl methyl sites for hydroxylation is 2. The molecule has 0 spiro atoms. The van der Waals surface area contributed by atoms with Crippen molar-refractivity contribution >= 4 is 28.8 Å². The molecule has 0 amide bonds. The highest BCUT2D eigenvalue weighted by molar-refractivity contribution is 7.99. The number of carbonyl (C=O) groups excluding carboxylic acids is 1. The van der Waals surface area contributed by atoms with Gasteiger partial charge in [-0.1, -0.05) is 17.8 Å². The van der Waals surface area contributed by atoms with Crippen LogP contribution >= 0.6 is 11.8 Å². The number of hydrogen-bond acceptors (Lipinski definition) is 6. The Hall–Kier alpha value is -2.41. The van der Waals surface area contributed by atoms with E-state index in [9.17, 15) is 4.79 Å². The predicted molar refractivity (Wildman–Crippen MR) is 87.6 cm³/mol. The SMILES string of the molecule is CCOC(=O)c1cnc2c(c(C)nn2C)c1Sc1ccccn1. The van der Waals surface area contributed by atoms with E-state index >= 15 is 0 Å². The smallest absolute Gasteiger partial charge is 0.340 e. The molecule has 0 radical (unpaired) electrons. The lowest BCUT2D eigenvalue weighted by Crippen LogP contribution is -2.07. The molecule has 7 heteroatoms. The largest absolute Gasteiger partial charge is 0.462 e. The van der Waals surface area contributed by atoms with Gasteiger partial charge in [0, 0.05) is 24.3 Å². The van der Waals surface area contributed by atoms with E-state index in [1.54, 1.807) is 24.0 Å². The topological polar surface area (TPSA) is 69.9 Å². The fourth-order valence-electron chi connectivity index (χ4n) is 2.35. The molecular weight excluding hydrogens is 312 g/mol. The number of fused-ring (bicyclic) bond motifs is 1. The highest BCUT2D eigenvalue weighted by Gasteiger charge is 2.21. The van der Waals surface area contributed by atoms with Crippen molar-refractivity contribution in [3.8, 4) is 0 Å². The molecule has 0 bridgehead atoms. The Bertz CT molecular complexity index is 861. The van der Waals surface area contributed by atoms with Crippen molar-refractivity contribution in [3.05, 3.63) is 41.9 Å². The van der Waals surface area contributed by atoms with Crippen LogP contribution in [0.5, 0.6) is 0 Å². The maximum atomic E-state index is 12.3. The van der Waals surface area contributed by atoms with Crippen LogP contribution in [-0.2, 0) is 11.8 Å². The van der Waals surface area contributed by atoms with Gasteiger partial charge < -0.3 is 4.74 Å². The highest BCUT2D eigenvalue weighted by Crippen LogP contribution is 2.36. The van der Waals surface area contributed by atoms with Crippen molar-refractivity contribution in [1.82, 2.24) is 19.7 Å². The quantitative estimate of drug-likeness (QED) is 0.686. The number of pyridine rings is 2. The van der Waals surface area contributed by atoms with Crippen LogP contribution < -0.4 is 0 Å². The molecule has 0 fully saturated rings. The van der Waals surface area contributed by atoms with E-state index in [4.69, 9.17) is 4.74 Å². The van der Waals surface area contributed by atoms with Crippen LogP contribution in [0, 0.1) is 6.92 Å². The number of nitrogens with zero attached hydrogens (tertiary/aromatic N) is 4. The van der Waals surface area contributed by atoms with Crippen molar-refractivity contribution < 1.29 is 9.53 Å². The number of ether oxygens (including phenoxy) is 1. The minimum atomic E-state index is -0.386. The van der Waals surface area contributed by atoms with Crippen LogP contribution in [0.1, 0.15) is 23.0 Å². The molecule has 3 heterocycles. The van der Waals surface area contributed by atoms with E-state index in [2.05, 4.69) is 15.1 Å². The lowest BCUT2D eigenvalue weighted by atomic mass is 10.2. The van der Waals surface area contributed by atoms with E-state index in [0.29, 0.717) is 12.2 Å². The normalized spacial score (nSPS) is 10.9. The molecule has 23 heavy (non-hydrogen) atoms. The standard InChI is InChI=1S/C16H16N4O2S/c1-4-22-16(21)11-9-18-15-13(10(2)19-20(15)3)14(11)23-12-7-5-6-8-17-12/h5-9H,4H2,1-3H3. The minimum Gasteiger partial charge on any atom is -0.462 e. The average Bonchev–Trinajstić information content (AvgIpc) is 2.84. The second kappa shape index (κ2) is 6.37. The first-order valence-corrected chi connectivity index (χ1v) is 8.01. The third-order valence-electron chi connectivity index (χ3n) is 3.32. The van der Waals surface area contributed by atoms with E-state index in [1.165, 1.54) is 11.8 Å². The summed E-state index contributed by atoms with van der Waals surface area (Å²) in [5, 5.41) is 6.06. The number of rotatable bonds is 4. The molecule has 0 aliphatic heterocycles. The second-order valence-electron chi connectivity index (χ2n) is 4.90. The third kappa shape index (κ3) is 2.92. The molecule has 3 aromatic heterocycles. The summed E-state index contributed by atoms with van der Waals surface area (Å²) in [6, 6.07) is 5.67. The van der Waals surface area contributed by atoms with Gasteiger partial charge in [0.05, 0.1) is 23.3 Å². The van der Waals surface area contributed by atoms with Crippen molar-refractivity contribution in [1.29, 1.82) is 0 Å². The number of carbonyl (C=O) groups is 1. The van der Waals surface area contributed by atoms with E-state index in [0.717, 1.165) is 26.6 Å². The maximum absolute atomic E-state index is 12.3. The van der Waals surface area contributed by atoms with E-state index < -0.39 is 0 Å². The summed E-state index contributed by atoms with van der Waals surface area (Å²) in [5.74, 6) is -0.386. The summed E-state index contributed by atoms with van der Waals surface area (Å²) in [6.45, 7) is 4.00. The van der Waals surface area contributed by atoms with Crippen LogP contribution in [0.3, 0.4) is 0 Å². The zero-order valence-electron chi connectivity index (χ0n) is 13.1. The fourth-order valence-corrected chi connectivity index (χ4v) is 3.41. The molecule has 6 nitrogen and oxygen atoms in total. The maximum Gasteiger partial charge on any atom is 0.340 e. The van der Waals surface area contributed by atoms with Crippen LogP contribution in [-0.4, -0.2) is 32.3 Å². The Kier molecular flexibility index (Phi) is 4.29. The molecule has 0 aliphatic rings. The van der Waals surface area contributed by atoms with E-state index in [-0.39, 0.29) is 5.97 Å². The Morgan fingerprint density at radius 2 is 2.17 bits per heavy atom. The molecule has 3 aromatic rings. The van der Waals surface area contributed by atoms with Crippen molar-refractivity contribution in [2.45, 2.75) is 23.8 Å². The summed E-state index contributed by atoms with van der Waals surface area (Å²) in [6.07, 6.45) is 3.27. The van der Waals surface area contributed by atoms with Crippen molar-refractivity contribution in [2.24, 2.45) is 7.05 Å². The molecule has 0 saturated carbocycles. The molecule has 0 atom stereocenters. The van der Waals surface area contributed by atoms with Gasteiger partial charge in [-0.05, 0) is 26.0 Å². The fraction of sp³-hybridized carbons (Fsp3) is 0.250. The Labute approximate surface area is 137 Å². The van der Waals surface area contributed by atoms with Gasteiger partial charge in [-0.25, -0.2) is 14.8 Å². The first-order valence-electron chi connectivity index (χ1n) is 7.20. The summed E-state index contributed by atoms with van der Waals surface area (Å²) in [7, 11) is 1.83. The summed E-state index contributed by atoms with van der Waals surface area (Å²) in [5.41, 5.74) is 1.99. The number of aromatic nitrogens is 4. The van der Waals surface area contributed by atoms with Crippen LogP contribution in [0.4, 0.5) is 0 Å². The molecule has 3 rings (SSSR count). The molecule has 0 N–H and O–H groups in total. The van der Waals surface area contributed by atoms with Gasteiger partial charge in [-0.3, -0.25) is 4.68 Å². The Morgan fingerprint density at radius 1 is 1.35 bits per heavy atom. The zero-order valence-corrected chi connectivity index (χ0v) is 13.9. The van der Waals surface area contributed by atoms with Gasteiger partial charge in [0.2, 0.25) is 0 Å². The average molecular weight is 328 g/mol. The van der Waals surface area contributed by atoms with Gasteiger partial charge in [0.25, 0.3) is 0 Å². The van der Waals surface area contributed by atoms with Crippen LogP contribution in [0.15, 0.2) is 40.5 Å². The zero-order chi connectivity index (χ0) is 16.4. The van der Waals surface area contributed by atoms with Gasteiger partial charge in [-0.2, -0.15) is 5.10 Å². The first-order chi connectivity index (χ1) is 11.1. The van der Waals surface area contributed by atoms with Gasteiger partial charge in [0.15, 0.2) is 5.65 Å². The second-order valence-corrected chi connectivity index (χ2v) is 5.93.